The van der Waals surface area contributed by atoms with Crippen molar-refractivity contribution in [2.45, 2.75) is 32.4 Å². The maximum atomic E-state index is 13.1. The Morgan fingerprint density at radius 1 is 1.24 bits per heavy atom. The molecule has 2 aromatic carbocycles. The lowest BCUT2D eigenvalue weighted by molar-refractivity contribution is 0.0951. The number of hydrogen-bond acceptors (Lipinski definition) is 8. The number of aryl methyl sites for hydroxylation is 1. The van der Waals surface area contributed by atoms with E-state index in [0.717, 1.165) is 16.3 Å². The number of carbonyl (C=O) groups excluding carboxylic acids is 1. The Bertz CT molecular complexity index is 1410. The molecule has 4 rings (SSSR count). The predicted molar refractivity (Wildman–Crippen MR) is 146 cm³/mol. The molecule has 190 valence electrons. The van der Waals surface area contributed by atoms with E-state index in [1.807, 2.05) is 49.6 Å². The lowest BCUT2D eigenvalue weighted by Crippen LogP contribution is -2.48. The van der Waals surface area contributed by atoms with Gasteiger partial charge in [0, 0.05) is 34.8 Å². The number of rotatable bonds is 9. The van der Waals surface area contributed by atoms with Crippen LogP contribution in [0.15, 0.2) is 82.4 Å². The number of oxazole rings is 1. The van der Waals surface area contributed by atoms with Crippen LogP contribution in [0.5, 0.6) is 0 Å². The lowest BCUT2D eigenvalue weighted by atomic mass is 9.93. The Hall–Kier alpha value is -4.08. The summed E-state index contributed by atoms with van der Waals surface area (Å²) in [5, 5.41) is 5.68. The third kappa shape index (κ3) is 6.58. The molecule has 1 unspecified atom stereocenters. The van der Waals surface area contributed by atoms with Gasteiger partial charge in [0.2, 0.25) is 11.8 Å². The zero-order valence-corrected chi connectivity index (χ0v) is 21.8. The number of aromatic nitrogens is 2. The van der Waals surface area contributed by atoms with E-state index in [1.54, 1.807) is 31.4 Å². The third-order valence-corrected chi connectivity index (χ3v) is 6.56. The molecule has 1 atom stereocenters. The normalized spacial score (nSPS) is 13.1. The first-order valence-electron chi connectivity index (χ1n) is 11.7. The summed E-state index contributed by atoms with van der Waals surface area (Å²) < 4.78 is 11.6. The van der Waals surface area contributed by atoms with Gasteiger partial charge in [-0.3, -0.25) is 9.79 Å². The first-order valence-corrected chi connectivity index (χ1v) is 12.5. The molecule has 0 fully saturated rings. The van der Waals surface area contributed by atoms with Crippen LogP contribution in [0.2, 0.25) is 0 Å². The molecular formula is C28H29N5O3S. The number of benzene rings is 2. The molecule has 2 aromatic heterocycles. The summed E-state index contributed by atoms with van der Waals surface area (Å²) in [5.41, 5.74) is 9.30. The smallest absolute Gasteiger partial charge is 0.251 e. The average molecular weight is 516 g/mol. The Morgan fingerprint density at radius 2 is 2.00 bits per heavy atom. The van der Waals surface area contributed by atoms with E-state index in [-0.39, 0.29) is 5.91 Å². The van der Waals surface area contributed by atoms with Crippen LogP contribution in [0, 0.1) is 6.92 Å². The minimum Gasteiger partial charge on any atom is -0.445 e. The van der Waals surface area contributed by atoms with Crippen LogP contribution in [0.25, 0.3) is 17.2 Å². The number of nitrogens with zero attached hydrogens (tertiary/aromatic N) is 3. The zero-order valence-electron chi connectivity index (χ0n) is 21.0. The van der Waals surface area contributed by atoms with Crippen LogP contribution >= 0.6 is 11.3 Å². The van der Waals surface area contributed by atoms with Crippen molar-refractivity contribution in [3.63, 3.8) is 0 Å². The van der Waals surface area contributed by atoms with Crippen molar-refractivity contribution in [3.8, 4) is 11.5 Å². The second kappa shape index (κ2) is 11.3. The van der Waals surface area contributed by atoms with Gasteiger partial charge in [-0.15, -0.1) is 11.3 Å². The number of hydrogen-bond donors (Lipinski definition) is 2. The van der Waals surface area contributed by atoms with Gasteiger partial charge in [-0.1, -0.05) is 36.9 Å². The highest BCUT2D eigenvalue weighted by molar-refractivity contribution is 7.09. The van der Waals surface area contributed by atoms with E-state index in [4.69, 9.17) is 14.9 Å². The maximum absolute atomic E-state index is 13.1. The quantitative estimate of drug-likeness (QED) is 0.184. The molecule has 0 aliphatic heterocycles. The summed E-state index contributed by atoms with van der Waals surface area (Å²) in [6.07, 6.45) is 3.54. The molecule has 0 bridgehead atoms. The van der Waals surface area contributed by atoms with Gasteiger partial charge in [-0.05, 0) is 44.0 Å². The molecule has 37 heavy (non-hydrogen) atoms. The van der Waals surface area contributed by atoms with Crippen LogP contribution in [-0.4, -0.2) is 34.4 Å². The topological polar surface area (TPSA) is 116 Å². The van der Waals surface area contributed by atoms with Gasteiger partial charge in [0.05, 0.1) is 18.3 Å². The van der Waals surface area contributed by atoms with Crippen molar-refractivity contribution in [2.75, 3.05) is 7.05 Å². The molecule has 0 aliphatic carbocycles. The van der Waals surface area contributed by atoms with E-state index in [1.165, 1.54) is 17.6 Å². The fourth-order valence-corrected chi connectivity index (χ4v) is 4.55. The van der Waals surface area contributed by atoms with Gasteiger partial charge in [0.15, 0.2) is 0 Å². The average Bonchev–Trinajstić information content (AvgIpc) is 3.57. The van der Waals surface area contributed by atoms with Crippen molar-refractivity contribution in [3.05, 3.63) is 100 Å². The summed E-state index contributed by atoms with van der Waals surface area (Å²) in [5.74, 6) is 0.722. The van der Waals surface area contributed by atoms with Gasteiger partial charge in [-0.25, -0.2) is 9.97 Å². The highest BCUT2D eigenvalue weighted by Crippen LogP contribution is 2.27. The van der Waals surface area contributed by atoms with Crippen LogP contribution in [0.4, 0.5) is 0 Å². The van der Waals surface area contributed by atoms with Crippen LogP contribution < -0.4 is 11.1 Å². The van der Waals surface area contributed by atoms with Crippen molar-refractivity contribution < 1.29 is 13.9 Å². The molecule has 0 saturated carbocycles. The Morgan fingerprint density at radius 3 is 2.65 bits per heavy atom. The lowest BCUT2D eigenvalue weighted by Gasteiger charge is -2.27. The first kappa shape index (κ1) is 26.0. The van der Waals surface area contributed by atoms with Crippen LogP contribution in [-0.2, 0) is 17.7 Å². The van der Waals surface area contributed by atoms with Gasteiger partial charge >= 0.3 is 0 Å². The highest BCUT2D eigenvalue weighted by Gasteiger charge is 2.29. The van der Waals surface area contributed by atoms with Crippen molar-refractivity contribution in [1.82, 2.24) is 15.3 Å². The fraction of sp³-hybridized carbons (Fsp3) is 0.214. The second-order valence-corrected chi connectivity index (χ2v) is 9.78. The summed E-state index contributed by atoms with van der Waals surface area (Å²) >= 11 is 1.50. The summed E-state index contributed by atoms with van der Waals surface area (Å²) in [7, 11) is 1.63. The Labute approximate surface area is 219 Å². The van der Waals surface area contributed by atoms with Crippen molar-refractivity contribution >= 4 is 28.9 Å². The number of thiazole rings is 1. The third-order valence-electron chi connectivity index (χ3n) is 5.59. The molecule has 8 nitrogen and oxygen atoms in total. The largest absolute Gasteiger partial charge is 0.445 e. The molecule has 3 N–H and O–H groups in total. The van der Waals surface area contributed by atoms with Crippen LogP contribution in [0.3, 0.4) is 0 Å². The molecule has 1 amide bonds. The second-order valence-electron chi connectivity index (χ2n) is 8.84. The fourth-order valence-electron chi connectivity index (χ4n) is 3.84. The molecule has 9 heteroatoms. The molecule has 0 aliphatic rings. The number of aliphatic imine (C=N–C) groups is 1. The van der Waals surface area contributed by atoms with Gasteiger partial charge in [-0.2, -0.15) is 0 Å². The molecular weight excluding hydrogens is 486 g/mol. The van der Waals surface area contributed by atoms with E-state index in [2.05, 4.69) is 26.9 Å². The van der Waals surface area contributed by atoms with Crippen molar-refractivity contribution in [2.24, 2.45) is 10.7 Å². The standard InChI is InChI=1S/C28H29N5O3S/c1-18-17-37-24(33-18)16-32-25(34)22-12-21(13-23(14-22)26-31-10-11-35-26)19(2)36-27(30-4)28(3,29)15-20-8-6-5-7-9-20/h5-14,17H,2,15-16,29H2,1,3-4H3,(H,32,34). The van der Waals surface area contributed by atoms with E-state index < -0.39 is 5.54 Å². The number of carbonyl (C=O) groups is 1. The number of ether oxygens (including phenoxy) is 1. The summed E-state index contributed by atoms with van der Waals surface area (Å²) in [6, 6.07) is 15.1. The molecule has 2 heterocycles. The van der Waals surface area contributed by atoms with Gasteiger partial charge < -0.3 is 20.2 Å². The zero-order chi connectivity index (χ0) is 26.4. The SMILES string of the molecule is C=C(OC(=NC)C(C)(N)Cc1ccccc1)c1cc(C(=O)NCc2nc(C)cs2)cc(-c2ncco2)c1. The molecule has 0 spiro atoms. The summed E-state index contributed by atoms with van der Waals surface area (Å²) in [6.45, 7) is 8.20. The minimum atomic E-state index is -0.884. The first-order chi connectivity index (χ1) is 17.7. The van der Waals surface area contributed by atoms with Gasteiger partial charge in [0.1, 0.15) is 17.0 Å². The van der Waals surface area contributed by atoms with E-state index >= 15 is 0 Å². The predicted octanol–water partition coefficient (Wildman–Crippen LogP) is 5.01. The van der Waals surface area contributed by atoms with Gasteiger partial charge in [0.25, 0.3) is 5.91 Å². The highest BCUT2D eigenvalue weighted by atomic mass is 32.1. The Kier molecular flexibility index (Phi) is 7.95. The maximum Gasteiger partial charge on any atom is 0.251 e. The van der Waals surface area contributed by atoms with Crippen LogP contribution in [0.1, 0.15) is 39.1 Å². The Balaban J connectivity index is 1.57. The van der Waals surface area contributed by atoms with E-state index in [0.29, 0.717) is 47.2 Å². The minimum absolute atomic E-state index is 0.271. The molecule has 0 saturated heterocycles. The number of nitrogens with two attached hydrogens (primary N) is 1. The monoisotopic (exact) mass is 515 g/mol. The molecule has 0 radical (unpaired) electrons. The van der Waals surface area contributed by atoms with Crippen molar-refractivity contribution in [1.29, 1.82) is 0 Å². The van der Waals surface area contributed by atoms with E-state index in [9.17, 15) is 4.79 Å². The number of nitrogens with one attached hydrogen (secondary N) is 1. The summed E-state index contributed by atoms with van der Waals surface area (Å²) in [4.78, 5) is 26.0. The molecule has 4 aromatic rings. The number of amides is 1.